The molecule has 0 heterocycles. The Hall–Kier alpha value is -2.17. The van der Waals surface area contributed by atoms with Gasteiger partial charge in [0.1, 0.15) is 0 Å². The molecule has 0 aliphatic carbocycles. The van der Waals surface area contributed by atoms with E-state index in [0.717, 1.165) is 0 Å². The molecule has 5 heteroatoms. The van der Waals surface area contributed by atoms with Crippen molar-refractivity contribution in [3.8, 4) is 0 Å². The van der Waals surface area contributed by atoms with Gasteiger partial charge >= 0.3 is 11.9 Å². The van der Waals surface area contributed by atoms with Crippen molar-refractivity contribution in [2.45, 2.75) is 27.2 Å². The van der Waals surface area contributed by atoms with Crippen molar-refractivity contribution in [1.82, 2.24) is 0 Å². The molecule has 2 unspecified atom stereocenters. The lowest BCUT2D eigenvalue weighted by atomic mass is 9.71. The standard InChI is InChI=1S/C18H24O5/c1-18(2,3)15(17(21)23-5)13(16(20)22-4)11-14(19)12-9-7-6-8-10-12/h6-10,13,15H,11H2,1-5H3. The second-order valence-corrected chi connectivity index (χ2v) is 6.49. The van der Waals surface area contributed by atoms with Gasteiger partial charge in [0.05, 0.1) is 26.1 Å². The lowest BCUT2D eigenvalue weighted by molar-refractivity contribution is -0.162. The van der Waals surface area contributed by atoms with Crippen LogP contribution in [0.2, 0.25) is 0 Å². The first-order valence-corrected chi connectivity index (χ1v) is 7.46. The third-order valence-corrected chi connectivity index (χ3v) is 3.80. The monoisotopic (exact) mass is 320 g/mol. The number of benzene rings is 1. The Bertz CT molecular complexity index is 557. The molecule has 0 saturated heterocycles. The smallest absolute Gasteiger partial charge is 0.310 e. The molecular formula is C18H24O5. The van der Waals surface area contributed by atoms with Crippen LogP contribution in [-0.4, -0.2) is 31.9 Å². The van der Waals surface area contributed by atoms with Crippen LogP contribution in [0.1, 0.15) is 37.6 Å². The van der Waals surface area contributed by atoms with Gasteiger partial charge in [0.25, 0.3) is 0 Å². The first-order chi connectivity index (χ1) is 10.7. The molecule has 0 radical (unpaired) electrons. The maximum atomic E-state index is 12.5. The van der Waals surface area contributed by atoms with Crippen LogP contribution < -0.4 is 0 Å². The molecule has 0 spiro atoms. The van der Waals surface area contributed by atoms with Gasteiger partial charge in [0, 0.05) is 12.0 Å². The fourth-order valence-electron chi connectivity index (χ4n) is 2.68. The van der Waals surface area contributed by atoms with Crippen molar-refractivity contribution in [1.29, 1.82) is 0 Å². The topological polar surface area (TPSA) is 69.7 Å². The van der Waals surface area contributed by atoms with Gasteiger partial charge in [-0.2, -0.15) is 0 Å². The molecule has 5 nitrogen and oxygen atoms in total. The summed E-state index contributed by atoms with van der Waals surface area (Å²) in [5.74, 6) is -2.97. The normalized spacial score (nSPS) is 13.8. The number of methoxy groups -OCH3 is 2. The van der Waals surface area contributed by atoms with Crippen molar-refractivity contribution < 1.29 is 23.9 Å². The Morgan fingerprint density at radius 2 is 1.48 bits per heavy atom. The minimum absolute atomic E-state index is 0.103. The van der Waals surface area contributed by atoms with E-state index in [1.807, 2.05) is 20.8 Å². The van der Waals surface area contributed by atoms with Gasteiger partial charge in [-0.05, 0) is 5.41 Å². The van der Waals surface area contributed by atoms with Crippen molar-refractivity contribution in [3.05, 3.63) is 35.9 Å². The number of carbonyl (C=O) groups excluding carboxylic acids is 3. The van der Waals surface area contributed by atoms with Gasteiger partial charge in [-0.15, -0.1) is 0 Å². The van der Waals surface area contributed by atoms with E-state index in [9.17, 15) is 14.4 Å². The molecule has 1 aromatic carbocycles. The van der Waals surface area contributed by atoms with Crippen molar-refractivity contribution >= 4 is 17.7 Å². The zero-order valence-electron chi connectivity index (χ0n) is 14.3. The Labute approximate surface area is 137 Å². The average molecular weight is 320 g/mol. The van der Waals surface area contributed by atoms with Crippen molar-refractivity contribution in [2.75, 3.05) is 14.2 Å². The number of rotatable bonds is 6. The summed E-state index contributed by atoms with van der Waals surface area (Å²) in [6.45, 7) is 5.49. The van der Waals surface area contributed by atoms with E-state index in [4.69, 9.17) is 9.47 Å². The third kappa shape index (κ3) is 4.91. The van der Waals surface area contributed by atoms with Gasteiger partial charge < -0.3 is 9.47 Å². The molecule has 1 aromatic rings. The zero-order chi connectivity index (χ0) is 17.6. The van der Waals surface area contributed by atoms with Gasteiger partial charge in [-0.3, -0.25) is 14.4 Å². The van der Waals surface area contributed by atoms with E-state index in [1.54, 1.807) is 30.3 Å². The molecule has 23 heavy (non-hydrogen) atoms. The molecule has 0 N–H and O–H groups in total. The van der Waals surface area contributed by atoms with E-state index in [2.05, 4.69) is 0 Å². The highest BCUT2D eigenvalue weighted by Gasteiger charge is 2.44. The van der Waals surface area contributed by atoms with Gasteiger partial charge in [-0.25, -0.2) is 0 Å². The van der Waals surface area contributed by atoms with Crippen LogP contribution in [0, 0.1) is 17.3 Å². The number of ether oxygens (including phenoxy) is 2. The van der Waals surface area contributed by atoms with E-state index in [0.29, 0.717) is 5.56 Å². The number of carbonyl (C=O) groups is 3. The maximum absolute atomic E-state index is 12.5. The molecule has 0 saturated carbocycles. The number of hydrogen-bond acceptors (Lipinski definition) is 5. The summed E-state index contributed by atoms with van der Waals surface area (Å²) in [5, 5.41) is 0. The van der Waals surface area contributed by atoms with Crippen molar-refractivity contribution in [3.63, 3.8) is 0 Å². The first kappa shape index (κ1) is 18.9. The molecule has 0 aromatic heterocycles. The highest BCUT2D eigenvalue weighted by atomic mass is 16.5. The molecule has 0 fully saturated rings. The summed E-state index contributed by atoms with van der Waals surface area (Å²) in [7, 11) is 2.52. The predicted molar refractivity (Wildman–Crippen MR) is 85.9 cm³/mol. The quantitative estimate of drug-likeness (QED) is 0.595. The second kappa shape index (κ2) is 7.90. The number of Topliss-reactive ketones (excluding diaryl/α,β-unsaturated/α-hetero) is 1. The molecule has 1 rings (SSSR count). The predicted octanol–water partition coefficient (Wildman–Crippen LogP) is 2.88. The molecule has 0 aliphatic rings. The summed E-state index contributed by atoms with van der Waals surface area (Å²) < 4.78 is 9.66. The fraction of sp³-hybridized carbons (Fsp3) is 0.500. The van der Waals surface area contributed by atoms with Crippen LogP contribution >= 0.6 is 0 Å². The van der Waals surface area contributed by atoms with E-state index >= 15 is 0 Å². The molecular weight excluding hydrogens is 296 g/mol. The average Bonchev–Trinajstić information content (AvgIpc) is 2.52. The lowest BCUT2D eigenvalue weighted by Gasteiger charge is -2.33. The summed E-state index contributed by atoms with van der Waals surface area (Å²) in [6.07, 6.45) is -0.103. The largest absolute Gasteiger partial charge is 0.469 e. The SMILES string of the molecule is COC(=O)C(CC(=O)c1ccccc1)C(C(=O)OC)C(C)(C)C. The molecule has 0 aliphatic heterocycles. The van der Waals surface area contributed by atoms with Gasteiger partial charge in [0.15, 0.2) is 5.78 Å². The van der Waals surface area contributed by atoms with Gasteiger partial charge in [-0.1, -0.05) is 51.1 Å². The van der Waals surface area contributed by atoms with Crippen LogP contribution in [0.25, 0.3) is 0 Å². The Morgan fingerprint density at radius 1 is 0.957 bits per heavy atom. The van der Waals surface area contributed by atoms with Crippen LogP contribution in [0.5, 0.6) is 0 Å². The third-order valence-electron chi connectivity index (χ3n) is 3.80. The minimum Gasteiger partial charge on any atom is -0.469 e. The minimum atomic E-state index is -0.889. The number of ketones is 1. The number of hydrogen-bond donors (Lipinski definition) is 0. The summed E-state index contributed by atoms with van der Waals surface area (Å²) in [5.41, 5.74) is -0.0537. The zero-order valence-corrected chi connectivity index (χ0v) is 14.3. The summed E-state index contributed by atoms with van der Waals surface area (Å²) >= 11 is 0. The van der Waals surface area contributed by atoms with E-state index in [-0.39, 0.29) is 12.2 Å². The molecule has 0 amide bonds. The van der Waals surface area contributed by atoms with Gasteiger partial charge in [0.2, 0.25) is 0 Å². The fourth-order valence-corrected chi connectivity index (χ4v) is 2.68. The molecule has 0 bridgehead atoms. The second-order valence-electron chi connectivity index (χ2n) is 6.49. The highest BCUT2D eigenvalue weighted by molar-refractivity contribution is 5.99. The summed E-state index contributed by atoms with van der Waals surface area (Å²) in [4.78, 5) is 36.9. The first-order valence-electron chi connectivity index (χ1n) is 7.46. The Kier molecular flexibility index (Phi) is 6.49. The van der Waals surface area contributed by atoms with E-state index < -0.39 is 29.2 Å². The van der Waals surface area contributed by atoms with Crippen LogP contribution in [0.4, 0.5) is 0 Å². The molecule has 2 atom stereocenters. The van der Waals surface area contributed by atoms with Crippen molar-refractivity contribution in [2.24, 2.45) is 17.3 Å². The van der Waals surface area contributed by atoms with Crippen LogP contribution in [-0.2, 0) is 19.1 Å². The highest BCUT2D eigenvalue weighted by Crippen LogP contribution is 2.36. The Balaban J connectivity index is 3.15. The van der Waals surface area contributed by atoms with E-state index in [1.165, 1.54) is 14.2 Å². The van der Waals surface area contributed by atoms with Crippen LogP contribution in [0.15, 0.2) is 30.3 Å². The summed E-state index contributed by atoms with van der Waals surface area (Å²) in [6, 6.07) is 8.67. The molecule has 126 valence electrons. The Morgan fingerprint density at radius 3 is 1.91 bits per heavy atom. The maximum Gasteiger partial charge on any atom is 0.310 e. The lowest BCUT2D eigenvalue weighted by Crippen LogP contribution is -2.41. The number of esters is 2. The van der Waals surface area contributed by atoms with Crippen LogP contribution in [0.3, 0.4) is 0 Å².